The largest absolute Gasteiger partial charge is 0.469 e. The number of aromatic nitrogens is 2. The molecule has 1 aromatic heterocycles. The number of hydrogen-bond donors (Lipinski definition) is 2. The number of aliphatic hydroxyl groups is 1. The van der Waals surface area contributed by atoms with E-state index in [0.717, 1.165) is 5.56 Å². The lowest BCUT2D eigenvalue weighted by molar-refractivity contribution is 0.0367. The summed E-state index contributed by atoms with van der Waals surface area (Å²) in [6, 6.07) is 0. The molecule has 0 unspecified atom stereocenters. The molecule has 0 amide bonds. The maximum absolute atomic E-state index is 9.02. The van der Waals surface area contributed by atoms with E-state index in [1.54, 1.807) is 20.0 Å². The number of nitrogens with zero attached hydrogens (tertiary/aromatic N) is 2. The van der Waals surface area contributed by atoms with Crippen molar-refractivity contribution in [2.45, 2.75) is 26.4 Å². The van der Waals surface area contributed by atoms with Gasteiger partial charge in [-0.05, 0) is 20.8 Å². The zero-order valence-electron chi connectivity index (χ0n) is 8.61. The van der Waals surface area contributed by atoms with E-state index in [1.807, 2.05) is 6.92 Å². The molecule has 3 N–H and O–H groups in total. The van der Waals surface area contributed by atoms with Gasteiger partial charge in [0, 0.05) is 11.8 Å². The molecule has 0 aliphatic heterocycles. The molecule has 78 valence electrons. The molecule has 0 radical (unpaired) electrons. The highest BCUT2D eigenvalue weighted by molar-refractivity contribution is 5.29. The van der Waals surface area contributed by atoms with Crippen molar-refractivity contribution in [1.29, 1.82) is 0 Å². The van der Waals surface area contributed by atoms with Gasteiger partial charge in [-0.25, -0.2) is 4.98 Å². The van der Waals surface area contributed by atoms with E-state index in [-0.39, 0.29) is 12.6 Å². The van der Waals surface area contributed by atoms with Crippen molar-refractivity contribution in [3.05, 3.63) is 11.8 Å². The van der Waals surface area contributed by atoms with Crippen LogP contribution in [0.25, 0.3) is 0 Å². The normalized spacial score (nSPS) is 11.4. The maximum Gasteiger partial charge on any atom is 0.223 e. The number of aryl methyl sites for hydroxylation is 1. The summed E-state index contributed by atoms with van der Waals surface area (Å²) in [6.07, 6.45) is 1.59. The quantitative estimate of drug-likeness (QED) is 0.738. The average molecular weight is 197 g/mol. The zero-order valence-corrected chi connectivity index (χ0v) is 8.61. The Balaban J connectivity index is 2.91. The van der Waals surface area contributed by atoms with Crippen molar-refractivity contribution in [3.8, 4) is 5.88 Å². The van der Waals surface area contributed by atoms with Crippen molar-refractivity contribution in [3.63, 3.8) is 0 Å². The van der Waals surface area contributed by atoms with Crippen LogP contribution in [0.15, 0.2) is 6.20 Å². The van der Waals surface area contributed by atoms with Crippen LogP contribution in [0.3, 0.4) is 0 Å². The van der Waals surface area contributed by atoms with Crippen LogP contribution in [0.4, 0.5) is 5.95 Å². The minimum Gasteiger partial charge on any atom is -0.469 e. The number of anilines is 1. The van der Waals surface area contributed by atoms with Crippen molar-refractivity contribution in [1.82, 2.24) is 9.97 Å². The Morgan fingerprint density at radius 3 is 2.79 bits per heavy atom. The van der Waals surface area contributed by atoms with Gasteiger partial charge in [-0.2, -0.15) is 4.98 Å². The molecule has 1 rings (SSSR count). The average Bonchev–Trinajstić information content (AvgIpc) is 2.11. The van der Waals surface area contributed by atoms with E-state index in [0.29, 0.717) is 5.88 Å². The molecule has 0 saturated carbocycles. The van der Waals surface area contributed by atoms with Gasteiger partial charge in [0.25, 0.3) is 0 Å². The van der Waals surface area contributed by atoms with Crippen LogP contribution in [-0.4, -0.2) is 27.3 Å². The number of rotatable bonds is 3. The first-order valence-electron chi connectivity index (χ1n) is 4.33. The maximum atomic E-state index is 9.02. The van der Waals surface area contributed by atoms with Crippen molar-refractivity contribution >= 4 is 5.95 Å². The fourth-order valence-corrected chi connectivity index (χ4v) is 0.837. The fraction of sp³-hybridized carbons (Fsp3) is 0.556. The number of nitrogen functional groups attached to an aromatic ring is 1. The summed E-state index contributed by atoms with van der Waals surface area (Å²) >= 11 is 0. The summed E-state index contributed by atoms with van der Waals surface area (Å²) in [5, 5.41) is 9.02. The molecule has 1 heterocycles. The van der Waals surface area contributed by atoms with Crippen molar-refractivity contribution in [2.75, 3.05) is 12.3 Å². The zero-order chi connectivity index (χ0) is 10.8. The van der Waals surface area contributed by atoms with E-state index in [1.165, 1.54) is 0 Å². The van der Waals surface area contributed by atoms with Gasteiger partial charge < -0.3 is 15.6 Å². The second kappa shape index (κ2) is 3.79. The summed E-state index contributed by atoms with van der Waals surface area (Å²) in [5.74, 6) is 0.580. The van der Waals surface area contributed by atoms with Gasteiger partial charge in [0.1, 0.15) is 5.60 Å². The second-order valence-electron chi connectivity index (χ2n) is 3.74. The molecule has 14 heavy (non-hydrogen) atoms. The summed E-state index contributed by atoms with van der Waals surface area (Å²) in [6.45, 7) is 5.27. The third-order valence-corrected chi connectivity index (χ3v) is 1.70. The minimum atomic E-state index is -0.661. The van der Waals surface area contributed by atoms with Gasteiger partial charge in [0.05, 0.1) is 6.61 Å². The van der Waals surface area contributed by atoms with Gasteiger partial charge in [-0.3, -0.25) is 0 Å². The molecule has 0 atom stereocenters. The number of nitrogens with two attached hydrogens (primary N) is 1. The highest BCUT2D eigenvalue weighted by atomic mass is 16.5. The van der Waals surface area contributed by atoms with Crippen LogP contribution in [0, 0.1) is 6.92 Å². The molecule has 0 bridgehead atoms. The first-order valence-corrected chi connectivity index (χ1v) is 4.33. The summed E-state index contributed by atoms with van der Waals surface area (Å²) < 4.78 is 5.48. The van der Waals surface area contributed by atoms with Gasteiger partial charge in [0.2, 0.25) is 11.8 Å². The van der Waals surface area contributed by atoms with E-state index >= 15 is 0 Å². The molecular weight excluding hydrogens is 182 g/mol. The Bertz CT molecular complexity index is 326. The fourth-order valence-electron chi connectivity index (χ4n) is 0.837. The van der Waals surface area contributed by atoms with Crippen LogP contribution < -0.4 is 10.5 Å². The third kappa shape index (κ3) is 2.56. The first-order chi connectivity index (χ1) is 6.44. The third-order valence-electron chi connectivity index (χ3n) is 1.70. The van der Waals surface area contributed by atoms with Gasteiger partial charge in [0.15, 0.2) is 0 Å². The standard InChI is InChI=1S/C9H15N3O2/c1-6-4-11-8(10)12-7(6)14-9(2,3)5-13/h4,13H,5H2,1-3H3,(H2,10,11,12). The van der Waals surface area contributed by atoms with Crippen LogP contribution in [0.2, 0.25) is 0 Å². The Kier molecular flexibility index (Phi) is 2.90. The SMILES string of the molecule is Cc1cnc(N)nc1OC(C)(C)CO. The predicted octanol–water partition coefficient (Wildman–Crippen LogP) is 0.517. The van der Waals surface area contributed by atoms with E-state index in [2.05, 4.69) is 9.97 Å². The van der Waals surface area contributed by atoms with E-state index in [9.17, 15) is 0 Å². The summed E-state index contributed by atoms with van der Waals surface area (Å²) in [4.78, 5) is 7.76. The summed E-state index contributed by atoms with van der Waals surface area (Å²) in [5.41, 5.74) is 5.55. The molecule has 5 heteroatoms. The molecule has 0 spiro atoms. The molecular formula is C9H15N3O2. The van der Waals surface area contributed by atoms with Crippen LogP contribution in [-0.2, 0) is 0 Å². The predicted molar refractivity (Wildman–Crippen MR) is 53.0 cm³/mol. The number of hydrogen-bond acceptors (Lipinski definition) is 5. The Hall–Kier alpha value is -1.36. The first kappa shape index (κ1) is 10.7. The number of ether oxygens (including phenoxy) is 1. The van der Waals surface area contributed by atoms with Crippen LogP contribution in [0.5, 0.6) is 5.88 Å². The Morgan fingerprint density at radius 1 is 1.57 bits per heavy atom. The molecule has 0 aliphatic rings. The van der Waals surface area contributed by atoms with Crippen molar-refractivity contribution < 1.29 is 9.84 Å². The van der Waals surface area contributed by atoms with Crippen LogP contribution in [0.1, 0.15) is 19.4 Å². The highest BCUT2D eigenvalue weighted by Crippen LogP contribution is 2.19. The van der Waals surface area contributed by atoms with Crippen LogP contribution >= 0.6 is 0 Å². The molecule has 0 aromatic carbocycles. The van der Waals surface area contributed by atoms with Crippen molar-refractivity contribution in [2.24, 2.45) is 0 Å². The lowest BCUT2D eigenvalue weighted by Gasteiger charge is -2.23. The molecule has 0 fully saturated rings. The summed E-state index contributed by atoms with van der Waals surface area (Å²) in [7, 11) is 0. The van der Waals surface area contributed by atoms with Gasteiger partial charge in [-0.15, -0.1) is 0 Å². The molecule has 0 saturated heterocycles. The second-order valence-corrected chi connectivity index (χ2v) is 3.74. The Labute approximate surface area is 82.9 Å². The lowest BCUT2D eigenvalue weighted by atomic mass is 10.1. The lowest BCUT2D eigenvalue weighted by Crippen LogP contribution is -2.33. The smallest absolute Gasteiger partial charge is 0.223 e. The molecule has 1 aromatic rings. The molecule has 0 aliphatic carbocycles. The van der Waals surface area contributed by atoms with Gasteiger partial charge >= 0.3 is 0 Å². The number of aliphatic hydroxyl groups excluding tert-OH is 1. The molecule has 5 nitrogen and oxygen atoms in total. The van der Waals surface area contributed by atoms with E-state index < -0.39 is 5.60 Å². The monoisotopic (exact) mass is 197 g/mol. The van der Waals surface area contributed by atoms with Gasteiger partial charge in [-0.1, -0.05) is 0 Å². The highest BCUT2D eigenvalue weighted by Gasteiger charge is 2.20. The topological polar surface area (TPSA) is 81.3 Å². The Morgan fingerprint density at radius 2 is 2.21 bits per heavy atom. The minimum absolute atomic E-state index is 0.0870. The van der Waals surface area contributed by atoms with E-state index in [4.69, 9.17) is 15.6 Å².